The minimum absolute atomic E-state index is 0.0263. The number of nitrogens with one attached hydrogen (secondary N) is 1. The standard InChI is InChI=1S/C11H14BrNO5S/c1-2-18-5-6-19(16,17)13-10-7-8(12)3-4-9(10)11(14)15/h3-4,7,13H,2,5-6H2,1H3,(H,14,15). The monoisotopic (exact) mass is 351 g/mol. The van der Waals surface area contributed by atoms with Gasteiger partial charge in [-0.1, -0.05) is 15.9 Å². The van der Waals surface area contributed by atoms with Gasteiger partial charge >= 0.3 is 5.97 Å². The molecule has 0 saturated carbocycles. The van der Waals surface area contributed by atoms with Crippen LogP contribution in [0, 0.1) is 0 Å². The number of hydrogen-bond donors (Lipinski definition) is 2. The van der Waals surface area contributed by atoms with Gasteiger partial charge in [0.25, 0.3) is 0 Å². The van der Waals surface area contributed by atoms with E-state index in [1.54, 1.807) is 6.92 Å². The molecule has 0 fully saturated rings. The molecule has 1 aromatic rings. The van der Waals surface area contributed by atoms with Gasteiger partial charge in [-0.2, -0.15) is 0 Å². The van der Waals surface area contributed by atoms with Crippen molar-refractivity contribution >= 4 is 37.6 Å². The van der Waals surface area contributed by atoms with E-state index in [2.05, 4.69) is 20.7 Å². The van der Waals surface area contributed by atoms with E-state index in [1.807, 2.05) is 0 Å². The molecule has 0 bridgehead atoms. The number of carbonyl (C=O) groups is 1. The fourth-order valence-electron chi connectivity index (χ4n) is 1.32. The summed E-state index contributed by atoms with van der Waals surface area (Å²) in [5, 5.41) is 8.99. The number of sulfonamides is 1. The summed E-state index contributed by atoms with van der Waals surface area (Å²) in [6.07, 6.45) is 0. The Kier molecular flexibility index (Phi) is 5.77. The first-order valence-electron chi connectivity index (χ1n) is 5.47. The van der Waals surface area contributed by atoms with Gasteiger partial charge in [0, 0.05) is 11.1 Å². The van der Waals surface area contributed by atoms with Crippen LogP contribution in [0.15, 0.2) is 22.7 Å². The van der Waals surface area contributed by atoms with Crippen molar-refractivity contribution in [2.45, 2.75) is 6.92 Å². The quantitative estimate of drug-likeness (QED) is 0.732. The number of ether oxygens (including phenoxy) is 1. The van der Waals surface area contributed by atoms with Crippen LogP contribution in [0.25, 0.3) is 0 Å². The van der Waals surface area contributed by atoms with Gasteiger partial charge in [-0.15, -0.1) is 0 Å². The van der Waals surface area contributed by atoms with Crippen molar-refractivity contribution < 1.29 is 23.1 Å². The molecule has 1 aromatic carbocycles. The van der Waals surface area contributed by atoms with Crippen LogP contribution in [0.4, 0.5) is 5.69 Å². The van der Waals surface area contributed by atoms with Crippen LogP contribution in [-0.2, 0) is 14.8 Å². The van der Waals surface area contributed by atoms with Crippen molar-refractivity contribution in [1.29, 1.82) is 0 Å². The molecule has 0 atom stereocenters. The maximum absolute atomic E-state index is 11.8. The molecule has 0 unspecified atom stereocenters. The maximum atomic E-state index is 11.8. The first-order chi connectivity index (χ1) is 8.85. The number of rotatable bonds is 7. The average Bonchev–Trinajstić information content (AvgIpc) is 2.28. The molecule has 0 aromatic heterocycles. The molecule has 8 heteroatoms. The molecule has 6 nitrogen and oxygen atoms in total. The Bertz CT molecular complexity index is 558. The van der Waals surface area contributed by atoms with E-state index in [0.29, 0.717) is 11.1 Å². The first-order valence-corrected chi connectivity index (χ1v) is 7.91. The Hall–Kier alpha value is -1.12. The highest BCUT2D eigenvalue weighted by molar-refractivity contribution is 9.10. The molecule has 0 amide bonds. The highest BCUT2D eigenvalue weighted by atomic mass is 79.9. The lowest BCUT2D eigenvalue weighted by atomic mass is 10.2. The summed E-state index contributed by atoms with van der Waals surface area (Å²) < 4.78 is 31.3. The summed E-state index contributed by atoms with van der Waals surface area (Å²) in [6, 6.07) is 4.26. The second-order valence-electron chi connectivity index (χ2n) is 3.61. The number of hydrogen-bond acceptors (Lipinski definition) is 4. The lowest BCUT2D eigenvalue weighted by Gasteiger charge is -2.11. The second kappa shape index (κ2) is 6.88. The molecule has 0 aliphatic rings. The normalized spacial score (nSPS) is 11.3. The van der Waals surface area contributed by atoms with Gasteiger partial charge in [0.15, 0.2) is 0 Å². The smallest absolute Gasteiger partial charge is 0.337 e. The number of benzene rings is 1. The third-order valence-corrected chi connectivity index (χ3v) is 3.91. The number of anilines is 1. The van der Waals surface area contributed by atoms with Crippen LogP contribution >= 0.6 is 15.9 Å². The zero-order valence-electron chi connectivity index (χ0n) is 10.2. The van der Waals surface area contributed by atoms with Crippen molar-refractivity contribution in [3.8, 4) is 0 Å². The van der Waals surface area contributed by atoms with E-state index >= 15 is 0 Å². The summed E-state index contributed by atoms with van der Waals surface area (Å²) in [5.74, 6) is -1.43. The summed E-state index contributed by atoms with van der Waals surface area (Å²) in [7, 11) is -3.64. The summed E-state index contributed by atoms with van der Waals surface area (Å²) in [4.78, 5) is 11.0. The van der Waals surface area contributed by atoms with Gasteiger partial charge < -0.3 is 9.84 Å². The largest absolute Gasteiger partial charge is 0.478 e. The van der Waals surface area contributed by atoms with Gasteiger partial charge in [-0.05, 0) is 25.1 Å². The topological polar surface area (TPSA) is 92.7 Å². The van der Waals surface area contributed by atoms with Crippen LogP contribution in [0.1, 0.15) is 17.3 Å². The molecule has 1 rings (SSSR count). The van der Waals surface area contributed by atoms with Crippen molar-refractivity contribution in [2.75, 3.05) is 23.7 Å². The third kappa shape index (κ3) is 5.17. The molecule has 106 valence electrons. The van der Waals surface area contributed by atoms with Gasteiger partial charge in [0.05, 0.1) is 23.6 Å². The Balaban J connectivity index is 2.92. The third-order valence-electron chi connectivity index (χ3n) is 2.18. The van der Waals surface area contributed by atoms with E-state index < -0.39 is 16.0 Å². The van der Waals surface area contributed by atoms with Crippen LogP contribution < -0.4 is 4.72 Å². The Labute approximate surface area is 120 Å². The van der Waals surface area contributed by atoms with Crippen LogP contribution in [-0.4, -0.2) is 38.5 Å². The molecule has 0 spiro atoms. The fourth-order valence-corrected chi connectivity index (χ4v) is 2.62. The maximum Gasteiger partial charge on any atom is 0.337 e. The highest BCUT2D eigenvalue weighted by Crippen LogP contribution is 2.22. The van der Waals surface area contributed by atoms with Gasteiger partial charge in [-0.25, -0.2) is 13.2 Å². The average molecular weight is 352 g/mol. The molecule has 19 heavy (non-hydrogen) atoms. The van der Waals surface area contributed by atoms with E-state index in [0.717, 1.165) is 0 Å². The molecule has 0 aliphatic carbocycles. The van der Waals surface area contributed by atoms with Crippen molar-refractivity contribution in [1.82, 2.24) is 0 Å². The van der Waals surface area contributed by atoms with Crippen LogP contribution in [0.3, 0.4) is 0 Å². The van der Waals surface area contributed by atoms with Crippen molar-refractivity contribution in [3.05, 3.63) is 28.2 Å². The number of aromatic carboxylic acids is 1. The molecular weight excluding hydrogens is 338 g/mol. The number of halogens is 1. The zero-order chi connectivity index (χ0) is 14.5. The van der Waals surface area contributed by atoms with Gasteiger partial charge in [-0.3, -0.25) is 4.72 Å². The van der Waals surface area contributed by atoms with Gasteiger partial charge in [0.2, 0.25) is 10.0 Å². The molecule has 0 aliphatic heterocycles. The summed E-state index contributed by atoms with van der Waals surface area (Å²) in [6.45, 7) is 2.24. The Morgan fingerprint density at radius 1 is 1.47 bits per heavy atom. The Morgan fingerprint density at radius 3 is 2.74 bits per heavy atom. The summed E-state index contributed by atoms with van der Waals surface area (Å²) in [5.41, 5.74) is -0.0819. The minimum Gasteiger partial charge on any atom is -0.478 e. The van der Waals surface area contributed by atoms with Gasteiger partial charge in [0.1, 0.15) is 0 Å². The predicted molar refractivity (Wildman–Crippen MR) is 75.0 cm³/mol. The molecule has 2 N–H and O–H groups in total. The van der Waals surface area contributed by atoms with Crippen molar-refractivity contribution in [2.24, 2.45) is 0 Å². The number of carboxylic acid groups (broad SMARTS) is 1. The van der Waals surface area contributed by atoms with Crippen LogP contribution in [0.5, 0.6) is 0 Å². The van der Waals surface area contributed by atoms with E-state index in [-0.39, 0.29) is 23.6 Å². The Morgan fingerprint density at radius 2 is 2.16 bits per heavy atom. The second-order valence-corrected chi connectivity index (χ2v) is 6.37. The van der Waals surface area contributed by atoms with E-state index in [9.17, 15) is 13.2 Å². The first kappa shape index (κ1) is 15.9. The van der Waals surface area contributed by atoms with E-state index in [1.165, 1.54) is 18.2 Å². The van der Waals surface area contributed by atoms with E-state index in [4.69, 9.17) is 9.84 Å². The molecular formula is C11H14BrNO5S. The fraction of sp³-hybridized carbons (Fsp3) is 0.364. The molecule has 0 radical (unpaired) electrons. The number of carboxylic acids is 1. The molecule has 0 heterocycles. The minimum atomic E-state index is -3.64. The summed E-state index contributed by atoms with van der Waals surface area (Å²) >= 11 is 3.16. The highest BCUT2D eigenvalue weighted by Gasteiger charge is 2.16. The van der Waals surface area contributed by atoms with Crippen LogP contribution in [0.2, 0.25) is 0 Å². The SMILES string of the molecule is CCOCCS(=O)(=O)Nc1cc(Br)ccc1C(=O)O. The lowest BCUT2D eigenvalue weighted by molar-refractivity contribution is 0.0698. The molecule has 0 saturated heterocycles. The van der Waals surface area contributed by atoms with Crippen molar-refractivity contribution in [3.63, 3.8) is 0 Å². The zero-order valence-corrected chi connectivity index (χ0v) is 12.6. The predicted octanol–water partition coefficient (Wildman–Crippen LogP) is 1.93. The lowest BCUT2D eigenvalue weighted by Crippen LogP contribution is -2.21.